The number of rotatable bonds is 7. The molecule has 0 unspecified atom stereocenters. The lowest BCUT2D eigenvalue weighted by Crippen LogP contribution is -2.20. The molecule has 1 N–H and O–H groups in total. The van der Waals surface area contributed by atoms with Gasteiger partial charge in [-0.1, -0.05) is 19.4 Å². The topological polar surface area (TPSA) is 34.1 Å². The SMILES string of the molecule is CC(C)=CCOc1ccc(C)nc1CNCC(C)C. The van der Waals surface area contributed by atoms with E-state index >= 15 is 0 Å². The Morgan fingerprint density at radius 1 is 1.37 bits per heavy atom. The van der Waals surface area contributed by atoms with Crippen molar-refractivity contribution in [3.05, 3.63) is 35.2 Å². The second kappa shape index (κ2) is 7.95. The quantitative estimate of drug-likeness (QED) is 0.764. The Hall–Kier alpha value is -1.35. The number of nitrogens with zero attached hydrogens (tertiary/aromatic N) is 1. The number of aryl methyl sites for hydroxylation is 1. The average molecular weight is 262 g/mol. The zero-order valence-corrected chi connectivity index (χ0v) is 12.8. The summed E-state index contributed by atoms with van der Waals surface area (Å²) in [6, 6.07) is 4.00. The highest BCUT2D eigenvalue weighted by Crippen LogP contribution is 2.17. The molecule has 19 heavy (non-hydrogen) atoms. The van der Waals surface area contributed by atoms with Gasteiger partial charge < -0.3 is 10.1 Å². The van der Waals surface area contributed by atoms with Gasteiger partial charge in [-0.25, -0.2) is 0 Å². The van der Waals surface area contributed by atoms with Crippen LogP contribution in [0.15, 0.2) is 23.8 Å². The third kappa shape index (κ3) is 6.39. The summed E-state index contributed by atoms with van der Waals surface area (Å²) in [6.07, 6.45) is 2.07. The Labute approximate surface area is 117 Å². The molecule has 0 aliphatic carbocycles. The lowest BCUT2D eigenvalue weighted by atomic mass is 10.2. The highest BCUT2D eigenvalue weighted by molar-refractivity contribution is 5.29. The summed E-state index contributed by atoms with van der Waals surface area (Å²) < 4.78 is 5.78. The summed E-state index contributed by atoms with van der Waals surface area (Å²) in [5.41, 5.74) is 3.28. The Kier molecular flexibility index (Phi) is 6.57. The van der Waals surface area contributed by atoms with E-state index in [1.54, 1.807) is 0 Å². The molecule has 0 bridgehead atoms. The van der Waals surface area contributed by atoms with Crippen molar-refractivity contribution < 1.29 is 4.74 Å². The number of hydrogen-bond acceptors (Lipinski definition) is 3. The molecule has 0 fully saturated rings. The maximum atomic E-state index is 5.78. The fraction of sp³-hybridized carbons (Fsp3) is 0.562. The summed E-state index contributed by atoms with van der Waals surface area (Å²) in [4.78, 5) is 4.56. The molecule has 0 saturated heterocycles. The van der Waals surface area contributed by atoms with Gasteiger partial charge in [-0.15, -0.1) is 0 Å². The average Bonchev–Trinajstić information content (AvgIpc) is 2.31. The number of ether oxygens (including phenoxy) is 1. The highest BCUT2D eigenvalue weighted by Gasteiger charge is 2.05. The van der Waals surface area contributed by atoms with Gasteiger partial charge in [0.25, 0.3) is 0 Å². The first kappa shape index (κ1) is 15.7. The van der Waals surface area contributed by atoms with Gasteiger partial charge in [0.05, 0.1) is 5.69 Å². The van der Waals surface area contributed by atoms with Crippen molar-refractivity contribution in [1.82, 2.24) is 10.3 Å². The van der Waals surface area contributed by atoms with Crippen molar-refractivity contribution >= 4 is 0 Å². The van der Waals surface area contributed by atoms with Gasteiger partial charge in [-0.05, 0) is 51.4 Å². The van der Waals surface area contributed by atoms with E-state index in [4.69, 9.17) is 4.74 Å². The maximum Gasteiger partial charge on any atom is 0.142 e. The minimum absolute atomic E-state index is 0.601. The standard InChI is InChI=1S/C16H26N2O/c1-12(2)8-9-19-16-7-6-14(5)18-15(16)11-17-10-13(3)4/h6-8,13,17H,9-11H2,1-5H3. The number of aromatic nitrogens is 1. The van der Waals surface area contributed by atoms with E-state index in [0.717, 1.165) is 30.2 Å². The molecule has 1 heterocycles. The molecule has 0 spiro atoms. The summed E-state index contributed by atoms with van der Waals surface area (Å²) >= 11 is 0. The van der Waals surface area contributed by atoms with Crippen molar-refractivity contribution in [2.75, 3.05) is 13.2 Å². The van der Waals surface area contributed by atoms with E-state index in [9.17, 15) is 0 Å². The molecule has 1 rings (SSSR count). The van der Waals surface area contributed by atoms with Crippen molar-refractivity contribution in [1.29, 1.82) is 0 Å². The summed E-state index contributed by atoms with van der Waals surface area (Å²) in [7, 11) is 0. The molecular formula is C16H26N2O. The first-order valence-electron chi connectivity index (χ1n) is 6.92. The minimum Gasteiger partial charge on any atom is -0.488 e. The predicted molar refractivity (Wildman–Crippen MR) is 80.4 cm³/mol. The normalized spacial score (nSPS) is 10.6. The third-order valence-corrected chi connectivity index (χ3v) is 2.65. The van der Waals surface area contributed by atoms with Gasteiger partial charge in [0.2, 0.25) is 0 Å². The van der Waals surface area contributed by atoms with Crippen LogP contribution in [0.2, 0.25) is 0 Å². The molecule has 0 aliphatic rings. The van der Waals surface area contributed by atoms with Crippen LogP contribution in [-0.4, -0.2) is 18.1 Å². The summed E-state index contributed by atoms with van der Waals surface area (Å²) in [6.45, 7) is 12.9. The van der Waals surface area contributed by atoms with E-state index in [1.807, 2.05) is 19.1 Å². The third-order valence-electron chi connectivity index (χ3n) is 2.65. The Morgan fingerprint density at radius 3 is 2.74 bits per heavy atom. The van der Waals surface area contributed by atoms with E-state index in [0.29, 0.717) is 12.5 Å². The molecule has 0 aliphatic heterocycles. The summed E-state index contributed by atoms with van der Waals surface area (Å²) in [5, 5.41) is 3.41. The second-order valence-electron chi connectivity index (χ2n) is 5.51. The molecule has 0 atom stereocenters. The van der Waals surface area contributed by atoms with Crippen molar-refractivity contribution in [3.8, 4) is 5.75 Å². The molecule has 1 aromatic rings. The van der Waals surface area contributed by atoms with Crippen LogP contribution in [0.25, 0.3) is 0 Å². The number of pyridine rings is 1. The summed E-state index contributed by atoms with van der Waals surface area (Å²) in [5.74, 6) is 1.51. The molecule has 0 radical (unpaired) electrons. The first-order chi connectivity index (χ1) is 8.99. The number of hydrogen-bond donors (Lipinski definition) is 1. The van der Waals surface area contributed by atoms with Gasteiger partial charge in [-0.2, -0.15) is 0 Å². The van der Waals surface area contributed by atoms with Crippen LogP contribution in [0.4, 0.5) is 0 Å². The van der Waals surface area contributed by atoms with E-state index in [2.05, 4.69) is 44.1 Å². The Morgan fingerprint density at radius 2 is 2.11 bits per heavy atom. The number of nitrogens with one attached hydrogen (secondary N) is 1. The zero-order chi connectivity index (χ0) is 14.3. The van der Waals surface area contributed by atoms with E-state index < -0.39 is 0 Å². The predicted octanol–water partition coefficient (Wildman–Crippen LogP) is 3.48. The van der Waals surface area contributed by atoms with Gasteiger partial charge >= 0.3 is 0 Å². The zero-order valence-electron chi connectivity index (χ0n) is 12.8. The molecular weight excluding hydrogens is 236 g/mol. The van der Waals surface area contributed by atoms with Crippen LogP contribution in [-0.2, 0) is 6.54 Å². The first-order valence-corrected chi connectivity index (χ1v) is 6.92. The van der Waals surface area contributed by atoms with Gasteiger partial charge in [0.15, 0.2) is 0 Å². The van der Waals surface area contributed by atoms with Gasteiger partial charge in [-0.3, -0.25) is 4.98 Å². The molecule has 106 valence electrons. The van der Waals surface area contributed by atoms with Crippen molar-refractivity contribution in [2.24, 2.45) is 5.92 Å². The molecule has 0 aromatic carbocycles. The Bertz CT molecular complexity index is 421. The van der Waals surface area contributed by atoms with Crippen LogP contribution in [0.3, 0.4) is 0 Å². The fourth-order valence-corrected chi connectivity index (χ4v) is 1.63. The largest absolute Gasteiger partial charge is 0.488 e. The van der Waals surface area contributed by atoms with Crippen LogP contribution in [0, 0.1) is 12.8 Å². The molecule has 0 saturated carbocycles. The van der Waals surface area contributed by atoms with Gasteiger partial charge in [0, 0.05) is 12.2 Å². The molecule has 3 nitrogen and oxygen atoms in total. The second-order valence-corrected chi connectivity index (χ2v) is 5.51. The van der Waals surface area contributed by atoms with Crippen LogP contribution >= 0.6 is 0 Å². The van der Waals surface area contributed by atoms with Crippen molar-refractivity contribution in [2.45, 2.75) is 41.2 Å². The van der Waals surface area contributed by atoms with E-state index in [-0.39, 0.29) is 0 Å². The fourth-order valence-electron chi connectivity index (χ4n) is 1.63. The minimum atomic E-state index is 0.601. The monoisotopic (exact) mass is 262 g/mol. The smallest absolute Gasteiger partial charge is 0.142 e. The molecule has 3 heteroatoms. The van der Waals surface area contributed by atoms with Crippen LogP contribution in [0.1, 0.15) is 39.1 Å². The van der Waals surface area contributed by atoms with Gasteiger partial charge in [0.1, 0.15) is 12.4 Å². The van der Waals surface area contributed by atoms with E-state index in [1.165, 1.54) is 5.57 Å². The molecule has 0 amide bonds. The highest BCUT2D eigenvalue weighted by atomic mass is 16.5. The number of allylic oxidation sites excluding steroid dienone is 1. The Balaban J connectivity index is 2.65. The lowest BCUT2D eigenvalue weighted by Gasteiger charge is -2.12. The van der Waals surface area contributed by atoms with Crippen molar-refractivity contribution in [3.63, 3.8) is 0 Å². The lowest BCUT2D eigenvalue weighted by molar-refractivity contribution is 0.353. The maximum absolute atomic E-state index is 5.78. The van der Waals surface area contributed by atoms with Crippen LogP contribution < -0.4 is 10.1 Å². The van der Waals surface area contributed by atoms with Crippen LogP contribution in [0.5, 0.6) is 5.75 Å². The molecule has 1 aromatic heterocycles.